The molecule has 0 fully saturated rings. The van der Waals surface area contributed by atoms with Crippen LogP contribution in [0.3, 0.4) is 0 Å². The van der Waals surface area contributed by atoms with Crippen molar-refractivity contribution in [2.24, 2.45) is 0 Å². The SMILES string of the molecule is C=Cc1ccccc1.CCCCCCCCCCCCCCCCCCN(C)C.Cl. The summed E-state index contributed by atoms with van der Waals surface area (Å²) in [5.41, 5.74) is 1.17. The molecule has 0 heterocycles. The van der Waals surface area contributed by atoms with Gasteiger partial charge in [-0.3, -0.25) is 0 Å². The van der Waals surface area contributed by atoms with Crippen molar-refractivity contribution >= 4 is 18.5 Å². The molecule has 0 aliphatic carbocycles. The Labute approximate surface area is 196 Å². The van der Waals surface area contributed by atoms with Gasteiger partial charge in [0, 0.05) is 0 Å². The zero-order valence-corrected chi connectivity index (χ0v) is 21.4. The predicted octanol–water partition coefficient (Wildman–Crippen LogP) is 9.56. The Morgan fingerprint density at radius 1 is 0.633 bits per heavy atom. The first kappa shape index (κ1) is 31.4. The highest BCUT2D eigenvalue weighted by Gasteiger charge is 1.95. The number of halogens is 1. The molecular weight excluding hydrogens is 386 g/mol. The van der Waals surface area contributed by atoms with Crippen LogP contribution >= 0.6 is 12.4 Å². The second-order valence-corrected chi connectivity index (χ2v) is 8.72. The molecule has 0 aliphatic rings. The Morgan fingerprint density at radius 2 is 1.00 bits per heavy atom. The standard InChI is InChI=1S/C20H43N.C8H8.ClH/c1-4-5-6-7-8-9-10-11-12-13-14-15-16-17-18-19-20-21(2)3;1-2-8-6-4-3-5-7-8;/h4-20H2,1-3H3;2-7H,1H2;1H. The molecule has 1 aromatic carbocycles. The topological polar surface area (TPSA) is 3.24 Å². The minimum absolute atomic E-state index is 0. The zero-order chi connectivity index (χ0) is 21.4. The number of benzene rings is 1. The van der Waals surface area contributed by atoms with Gasteiger partial charge in [-0.25, -0.2) is 0 Å². The van der Waals surface area contributed by atoms with Crippen LogP contribution in [0.15, 0.2) is 36.9 Å². The largest absolute Gasteiger partial charge is 0.309 e. The highest BCUT2D eigenvalue weighted by atomic mass is 35.5. The van der Waals surface area contributed by atoms with E-state index in [1.54, 1.807) is 0 Å². The molecule has 0 aliphatic heterocycles. The van der Waals surface area contributed by atoms with E-state index in [0.717, 1.165) is 0 Å². The van der Waals surface area contributed by atoms with E-state index in [1.165, 1.54) is 115 Å². The Hall–Kier alpha value is -0.790. The second-order valence-electron chi connectivity index (χ2n) is 8.72. The van der Waals surface area contributed by atoms with Gasteiger partial charge in [-0.2, -0.15) is 0 Å². The van der Waals surface area contributed by atoms with Gasteiger partial charge < -0.3 is 4.90 Å². The third-order valence-corrected chi connectivity index (χ3v) is 5.49. The van der Waals surface area contributed by atoms with Gasteiger partial charge in [0.25, 0.3) is 0 Å². The number of hydrogen-bond acceptors (Lipinski definition) is 1. The molecule has 1 rings (SSSR count). The Kier molecular flexibility index (Phi) is 27.5. The summed E-state index contributed by atoms with van der Waals surface area (Å²) in [5.74, 6) is 0. The smallest absolute Gasteiger partial charge is 0.00248 e. The summed E-state index contributed by atoms with van der Waals surface area (Å²) in [5, 5.41) is 0. The summed E-state index contributed by atoms with van der Waals surface area (Å²) in [6.45, 7) is 7.19. The third kappa shape index (κ3) is 25.2. The van der Waals surface area contributed by atoms with Crippen LogP contribution in [0.1, 0.15) is 115 Å². The Balaban J connectivity index is 0. The molecule has 2 heteroatoms. The van der Waals surface area contributed by atoms with Crippen LogP contribution < -0.4 is 0 Å². The van der Waals surface area contributed by atoms with Crippen LogP contribution in [0.4, 0.5) is 0 Å². The first-order valence-corrected chi connectivity index (χ1v) is 12.5. The van der Waals surface area contributed by atoms with Crippen molar-refractivity contribution in [3.63, 3.8) is 0 Å². The van der Waals surface area contributed by atoms with Crippen molar-refractivity contribution in [3.8, 4) is 0 Å². The van der Waals surface area contributed by atoms with Gasteiger partial charge in [0.15, 0.2) is 0 Å². The highest BCUT2D eigenvalue weighted by molar-refractivity contribution is 5.85. The molecule has 176 valence electrons. The molecule has 0 spiro atoms. The Morgan fingerprint density at radius 3 is 1.30 bits per heavy atom. The van der Waals surface area contributed by atoms with E-state index in [1.807, 2.05) is 36.4 Å². The second kappa shape index (κ2) is 26.2. The summed E-state index contributed by atoms with van der Waals surface area (Å²) in [7, 11) is 4.34. The lowest BCUT2D eigenvalue weighted by Crippen LogP contribution is -2.12. The minimum Gasteiger partial charge on any atom is -0.309 e. The molecule has 1 nitrogen and oxygen atoms in total. The molecular formula is C28H52ClN. The number of nitrogens with zero attached hydrogens (tertiary/aromatic N) is 1. The van der Waals surface area contributed by atoms with E-state index in [-0.39, 0.29) is 12.4 Å². The third-order valence-electron chi connectivity index (χ3n) is 5.49. The summed E-state index contributed by atoms with van der Waals surface area (Å²) in [6.07, 6.45) is 25.1. The average Bonchev–Trinajstić information content (AvgIpc) is 2.74. The average molecular weight is 438 g/mol. The fourth-order valence-corrected chi connectivity index (χ4v) is 3.57. The van der Waals surface area contributed by atoms with E-state index < -0.39 is 0 Å². The maximum atomic E-state index is 3.63. The van der Waals surface area contributed by atoms with Gasteiger partial charge in [-0.05, 0) is 32.6 Å². The quantitative estimate of drug-likeness (QED) is 0.206. The molecule has 0 aromatic heterocycles. The van der Waals surface area contributed by atoms with Crippen molar-refractivity contribution in [2.75, 3.05) is 20.6 Å². The van der Waals surface area contributed by atoms with Crippen LogP contribution in [0.2, 0.25) is 0 Å². The van der Waals surface area contributed by atoms with Crippen molar-refractivity contribution in [3.05, 3.63) is 42.5 Å². The van der Waals surface area contributed by atoms with Crippen LogP contribution in [-0.4, -0.2) is 25.5 Å². The summed E-state index contributed by atoms with van der Waals surface area (Å²) < 4.78 is 0. The number of unbranched alkanes of at least 4 members (excludes halogenated alkanes) is 15. The molecule has 0 saturated heterocycles. The van der Waals surface area contributed by atoms with E-state index in [4.69, 9.17) is 0 Å². The molecule has 0 bridgehead atoms. The van der Waals surface area contributed by atoms with E-state index >= 15 is 0 Å². The van der Waals surface area contributed by atoms with Gasteiger partial charge in [0.1, 0.15) is 0 Å². The van der Waals surface area contributed by atoms with E-state index in [2.05, 4.69) is 32.5 Å². The first-order chi connectivity index (χ1) is 14.2. The molecule has 0 saturated carbocycles. The predicted molar refractivity (Wildman–Crippen MR) is 142 cm³/mol. The van der Waals surface area contributed by atoms with Gasteiger partial charge >= 0.3 is 0 Å². The summed E-state index contributed by atoms with van der Waals surface area (Å²) >= 11 is 0. The van der Waals surface area contributed by atoms with Crippen LogP contribution in [0, 0.1) is 0 Å². The van der Waals surface area contributed by atoms with Crippen LogP contribution in [0.25, 0.3) is 6.08 Å². The van der Waals surface area contributed by atoms with Crippen LogP contribution in [-0.2, 0) is 0 Å². The van der Waals surface area contributed by atoms with Crippen molar-refractivity contribution in [2.45, 2.75) is 110 Å². The summed E-state index contributed by atoms with van der Waals surface area (Å²) in [6, 6.07) is 10.0. The van der Waals surface area contributed by atoms with Crippen molar-refractivity contribution in [1.82, 2.24) is 4.90 Å². The fraction of sp³-hybridized carbons (Fsp3) is 0.714. The maximum absolute atomic E-state index is 3.63. The lowest BCUT2D eigenvalue weighted by atomic mass is 10.0. The van der Waals surface area contributed by atoms with Gasteiger partial charge in [-0.1, -0.05) is 146 Å². The molecule has 0 amide bonds. The first-order valence-electron chi connectivity index (χ1n) is 12.5. The molecule has 0 atom stereocenters. The lowest BCUT2D eigenvalue weighted by Gasteiger charge is -2.08. The molecule has 0 unspecified atom stereocenters. The molecule has 0 radical (unpaired) electrons. The minimum atomic E-state index is 0. The lowest BCUT2D eigenvalue weighted by molar-refractivity contribution is 0.389. The Bertz CT molecular complexity index is 430. The fourth-order valence-electron chi connectivity index (χ4n) is 3.57. The number of rotatable bonds is 18. The summed E-state index contributed by atoms with van der Waals surface area (Å²) in [4.78, 5) is 2.30. The van der Waals surface area contributed by atoms with E-state index in [0.29, 0.717) is 0 Å². The van der Waals surface area contributed by atoms with Gasteiger partial charge in [-0.15, -0.1) is 12.4 Å². The maximum Gasteiger partial charge on any atom is -0.00248 e. The molecule has 0 N–H and O–H groups in total. The van der Waals surface area contributed by atoms with E-state index in [9.17, 15) is 0 Å². The monoisotopic (exact) mass is 437 g/mol. The van der Waals surface area contributed by atoms with Crippen LogP contribution in [0.5, 0.6) is 0 Å². The molecule has 30 heavy (non-hydrogen) atoms. The van der Waals surface area contributed by atoms with Gasteiger partial charge in [0.05, 0.1) is 0 Å². The van der Waals surface area contributed by atoms with Crippen molar-refractivity contribution in [1.29, 1.82) is 0 Å². The van der Waals surface area contributed by atoms with Crippen molar-refractivity contribution < 1.29 is 0 Å². The van der Waals surface area contributed by atoms with Gasteiger partial charge in [0.2, 0.25) is 0 Å². The molecule has 1 aromatic rings. The zero-order valence-electron chi connectivity index (χ0n) is 20.5. The normalized spacial score (nSPS) is 10.3. The highest BCUT2D eigenvalue weighted by Crippen LogP contribution is 2.13. The number of hydrogen-bond donors (Lipinski definition) is 0.